The van der Waals surface area contributed by atoms with Gasteiger partial charge in [0, 0.05) is 31.3 Å². The second kappa shape index (κ2) is 14.9. The van der Waals surface area contributed by atoms with Crippen LogP contribution in [0.2, 0.25) is 0 Å². The van der Waals surface area contributed by atoms with Crippen molar-refractivity contribution in [2.75, 3.05) is 21.3 Å². The van der Waals surface area contributed by atoms with Gasteiger partial charge in [0.15, 0.2) is 11.9 Å². The van der Waals surface area contributed by atoms with Gasteiger partial charge in [-0.05, 0) is 51.0 Å². The summed E-state index contributed by atoms with van der Waals surface area (Å²) in [7, 11) is 4.13. The molecule has 2 rings (SSSR count). The molecule has 2 aliphatic rings. The van der Waals surface area contributed by atoms with Gasteiger partial charge in [-0.15, -0.1) is 0 Å². The highest BCUT2D eigenvalue weighted by molar-refractivity contribution is 6.50. The Morgan fingerprint density at radius 1 is 1.05 bits per heavy atom. The lowest BCUT2D eigenvalue weighted by Crippen LogP contribution is -2.38. The van der Waals surface area contributed by atoms with Gasteiger partial charge in [0.05, 0.1) is 25.4 Å². The number of carbonyl (C=O) groups is 4. The smallest absolute Gasteiger partial charge is 0.405 e. The van der Waals surface area contributed by atoms with E-state index in [2.05, 4.69) is 5.32 Å². The molecule has 1 heterocycles. The SMILES string of the molecule is COC1=C2C[C@H](C)C[C@H](OC)[C@H](O)[C@H](C)/C=C(\C)[C@@H](OC(N)=O)[C@H](OC)CC/C=C(\C)C(=O)NC(=C2O)C(=O)C1=O. The molecule has 0 saturated carbocycles. The summed E-state index contributed by atoms with van der Waals surface area (Å²) in [4.78, 5) is 50.3. The van der Waals surface area contributed by atoms with E-state index in [9.17, 15) is 29.4 Å². The molecule has 0 unspecified atom stereocenters. The maximum atomic E-state index is 12.9. The number of allylic oxidation sites excluding steroid dienone is 4. The van der Waals surface area contributed by atoms with Gasteiger partial charge in [0.1, 0.15) is 11.5 Å². The number of fused-ring (bicyclic) bond motifs is 1. The van der Waals surface area contributed by atoms with Gasteiger partial charge in [0.25, 0.3) is 17.5 Å². The van der Waals surface area contributed by atoms with Crippen molar-refractivity contribution in [2.45, 2.75) is 77.8 Å². The largest absolute Gasteiger partial charge is 0.505 e. The molecule has 2 amide bonds. The summed E-state index contributed by atoms with van der Waals surface area (Å²) in [5.74, 6) is -4.36. The van der Waals surface area contributed by atoms with Crippen LogP contribution >= 0.6 is 0 Å². The highest BCUT2D eigenvalue weighted by Gasteiger charge is 2.38. The fourth-order valence-electron chi connectivity index (χ4n) is 5.14. The van der Waals surface area contributed by atoms with Gasteiger partial charge in [0.2, 0.25) is 0 Å². The van der Waals surface area contributed by atoms with Crippen LogP contribution in [0.4, 0.5) is 4.79 Å². The van der Waals surface area contributed by atoms with E-state index in [1.807, 2.05) is 6.92 Å². The van der Waals surface area contributed by atoms with Gasteiger partial charge in [-0.3, -0.25) is 14.4 Å². The van der Waals surface area contributed by atoms with Crippen molar-refractivity contribution in [3.63, 3.8) is 0 Å². The first-order chi connectivity index (χ1) is 19.3. The first-order valence-electron chi connectivity index (χ1n) is 13.4. The molecule has 0 radical (unpaired) electrons. The number of hydrogen-bond donors (Lipinski definition) is 4. The molecule has 2 bridgehead atoms. The lowest BCUT2D eigenvalue weighted by Gasteiger charge is -2.30. The number of nitrogens with two attached hydrogens (primary N) is 1. The van der Waals surface area contributed by atoms with Gasteiger partial charge >= 0.3 is 6.09 Å². The number of ether oxygens (including phenoxy) is 4. The van der Waals surface area contributed by atoms with E-state index >= 15 is 0 Å². The number of primary amides is 1. The molecule has 0 saturated heterocycles. The van der Waals surface area contributed by atoms with Gasteiger partial charge in [-0.1, -0.05) is 26.0 Å². The molecule has 0 aromatic carbocycles. The van der Waals surface area contributed by atoms with Crippen LogP contribution in [0.1, 0.15) is 53.4 Å². The number of carbonyl (C=O) groups excluding carboxylic acids is 4. The number of hydrogen-bond acceptors (Lipinski definition) is 10. The quantitative estimate of drug-likeness (QED) is 0.220. The maximum Gasteiger partial charge on any atom is 0.405 e. The Kier molecular flexibility index (Phi) is 12.3. The number of amides is 2. The molecule has 0 spiro atoms. The topological polar surface area (TPSA) is 184 Å². The van der Waals surface area contributed by atoms with Crippen LogP contribution in [0.3, 0.4) is 0 Å². The van der Waals surface area contributed by atoms with Crippen molar-refractivity contribution in [2.24, 2.45) is 17.6 Å². The number of nitrogens with one attached hydrogen (secondary N) is 1. The molecule has 1 aliphatic heterocycles. The zero-order valence-corrected chi connectivity index (χ0v) is 24.7. The van der Waals surface area contributed by atoms with E-state index < -0.39 is 65.4 Å². The standard InChI is InChI=1S/C29H42N2O10/c1-14-11-18-23(33)21(24(34)25(35)27(18)40-7)31-28(36)15(2)9-8-10-19(38-5)26(41-29(30)37)17(4)13-16(3)22(32)20(12-14)39-6/h9,13-14,16,19-20,22,26,32-33H,8,10-12H2,1-7H3,(H2,30,37)(H,31,36)/b15-9+,17-13+/t14-,16+,19+,20-,22+,26+/m0/s1. The predicted molar refractivity (Wildman–Crippen MR) is 148 cm³/mol. The van der Waals surface area contributed by atoms with Crippen molar-refractivity contribution in [1.82, 2.24) is 5.32 Å². The van der Waals surface area contributed by atoms with Crippen molar-refractivity contribution in [3.8, 4) is 0 Å². The lowest BCUT2D eigenvalue weighted by molar-refractivity contribution is -0.135. The molecule has 1 aliphatic carbocycles. The Bertz CT molecular complexity index is 1150. The normalized spacial score (nSPS) is 32.0. The van der Waals surface area contributed by atoms with Crippen molar-refractivity contribution in [3.05, 3.63) is 46.1 Å². The van der Waals surface area contributed by atoms with E-state index in [4.69, 9.17) is 24.7 Å². The average molecular weight is 579 g/mol. The summed E-state index contributed by atoms with van der Waals surface area (Å²) in [6.07, 6.45) is 0.235. The first-order valence-corrected chi connectivity index (χ1v) is 13.4. The fourth-order valence-corrected chi connectivity index (χ4v) is 5.14. The van der Waals surface area contributed by atoms with Crippen LogP contribution in [0.5, 0.6) is 0 Å². The Morgan fingerprint density at radius 2 is 1.68 bits per heavy atom. The third-order valence-electron chi connectivity index (χ3n) is 7.41. The Hall–Kier alpha value is -3.48. The number of ketones is 2. The first kappa shape index (κ1) is 33.7. The zero-order chi connectivity index (χ0) is 31.0. The van der Waals surface area contributed by atoms with E-state index in [0.29, 0.717) is 24.8 Å². The minimum absolute atomic E-state index is 0.0713. The van der Waals surface area contributed by atoms with E-state index in [0.717, 1.165) is 0 Å². The van der Waals surface area contributed by atoms with Crippen molar-refractivity contribution in [1.29, 1.82) is 0 Å². The number of aliphatic hydroxyl groups is 2. The third-order valence-corrected chi connectivity index (χ3v) is 7.41. The van der Waals surface area contributed by atoms with Crippen LogP contribution in [0, 0.1) is 11.8 Å². The molecule has 6 atom stereocenters. The Labute approximate surface area is 240 Å². The minimum Gasteiger partial charge on any atom is -0.505 e. The number of aliphatic hydroxyl groups excluding tert-OH is 2. The van der Waals surface area contributed by atoms with E-state index in [1.54, 1.807) is 26.0 Å². The molecule has 12 heteroatoms. The molecule has 41 heavy (non-hydrogen) atoms. The van der Waals surface area contributed by atoms with Crippen LogP contribution in [0.15, 0.2) is 46.1 Å². The third kappa shape index (κ3) is 8.27. The molecule has 0 aromatic rings. The van der Waals surface area contributed by atoms with Gasteiger partial charge in [-0.2, -0.15) is 0 Å². The summed E-state index contributed by atoms with van der Waals surface area (Å²) >= 11 is 0. The van der Waals surface area contributed by atoms with E-state index in [1.165, 1.54) is 28.3 Å². The molecule has 228 valence electrons. The van der Waals surface area contributed by atoms with Gasteiger partial charge < -0.3 is 40.2 Å². The number of rotatable bonds is 4. The van der Waals surface area contributed by atoms with Crippen molar-refractivity contribution < 1.29 is 48.3 Å². The molecule has 12 nitrogen and oxygen atoms in total. The highest BCUT2D eigenvalue weighted by Crippen LogP contribution is 2.32. The average Bonchev–Trinajstić information content (AvgIpc) is 2.92. The van der Waals surface area contributed by atoms with Crippen LogP contribution in [0.25, 0.3) is 0 Å². The molecule has 0 aromatic heterocycles. The lowest BCUT2D eigenvalue weighted by atomic mass is 9.85. The monoisotopic (exact) mass is 578 g/mol. The Balaban J connectivity index is 2.61. The molecular formula is C29H42N2O10. The zero-order valence-electron chi connectivity index (χ0n) is 24.7. The summed E-state index contributed by atoms with van der Waals surface area (Å²) < 4.78 is 21.8. The summed E-state index contributed by atoms with van der Waals surface area (Å²) in [5.41, 5.74) is 5.70. The number of methoxy groups -OCH3 is 3. The fraction of sp³-hybridized carbons (Fsp3) is 0.586. The summed E-state index contributed by atoms with van der Waals surface area (Å²) in [5, 5.41) is 24.6. The van der Waals surface area contributed by atoms with Crippen LogP contribution in [-0.4, -0.2) is 79.5 Å². The second-order valence-electron chi connectivity index (χ2n) is 10.5. The van der Waals surface area contributed by atoms with E-state index in [-0.39, 0.29) is 29.2 Å². The van der Waals surface area contributed by atoms with Crippen molar-refractivity contribution >= 4 is 23.6 Å². The molecule has 0 fully saturated rings. The predicted octanol–water partition coefficient (Wildman–Crippen LogP) is 2.52. The highest BCUT2D eigenvalue weighted by atomic mass is 16.6. The van der Waals surface area contributed by atoms with Crippen LogP contribution in [-0.2, 0) is 33.3 Å². The van der Waals surface area contributed by atoms with Gasteiger partial charge in [-0.25, -0.2) is 4.79 Å². The van der Waals surface area contributed by atoms with Crippen LogP contribution < -0.4 is 11.1 Å². The molecule has 5 N–H and O–H groups in total. The second-order valence-corrected chi connectivity index (χ2v) is 10.5. The molecular weight excluding hydrogens is 536 g/mol. The maximum absolute atomic E-state index is 12.9. The summed E-state index contributed by atoms with van der Waals surface area (Å²) in [6.45, 7) is 6.87. The summed E-state index contributed by atoms with van der Waals surface area (Å²) in [6, 6.07) is 0. The number of Topliss-reactive ketones (excluding diaryl/α,β-unsaturated/α-hetero) is 2. The Morgan fingerprint density at radius 3 is 2.24 bits per heavy atom. The minimum atomic E-state index is -1.10.